The first-order chi connectivity index (χ1) is 11.6. The molecule has 7 heteroatoms. The summed E-state index contributed by atoms with van der Waals surface area (Å²) in [5.41, 5.74) is 1.79. The molecule has 0 spiro atoms. The van der Waals surface area contributed by atoms with Crippen molar-refractivity contribution in [2.24, 2.45) is 0 Å². The number of likely N-dealkylation sites (N-methyl/N-ethyl adjacent to an activating group) is 1. The van der Waals surface area contributed by atoms with Crippen LogP contribution in [0.4, 0.5) is 0 Å². The zero-order valence-corrected chi connectivity index (χ0v) is 14.4. The minimum atomic E-state index is -0.110. The molecule has 0 aliphatic heterocycles. The maximum atomic E-state index is 12.5. The lowest BCUT2D eigenvalue weighted by Crippen LogP contribution is -2.34. The third kappa shape index (κ3) is 3.69. The van der Waals surface area contributed by atoms with Gasteiger partial charge in [-0.25, -0.2) is 9.97 Å². The molecular formula is C17H19N5OS. The molecule has 0 aromatic carbocycles. The smallest absolute Gasteiger partial charge is 0.251 e. The molecule has 1 N–H and O–H groups in total. The van der Waals surface area contributed by atoms with Gasteiger partial charge >= 0.3 is 0 Å². The standard InChI is InChI=1S/C17H19N5OS/c1-21(2)15(14-4-8-24-11-14)10-20-17(23)13-3-5-19-16(9-13)22-7-6-18-12-22/h3-9,11-12,15H,10H2,1-2H3,(H,20,23)/t15-/m1/s1. The molecule has 24 heavy (non-hydrogen) atoms. The van der Waals surface area contributed by atoms with Crippen LogP contribution in [0.1, 0.15) is 22.0 Å². The van der Waals surface area contributed by atoms with E-state index in [4.69, 9.17) is 0 Å². The van der Waals surface area contributed by atoms with Crippen LogP contribution in [0.3, 0.4) is 0 Å². The van der Waals surface area contributed by atoms with Gasteiger partial charge in [0.2, 0.25) is 0 Å². The van der Waals surface area contributed by atoms with Crippen molar-refractivity contribution in [3.05, 3.63) is 65.0 Å². The maximum absolute atomic E-state index is 12.5. The van der Waals surface area contributed by atoms with E-state index >= 15 is 0 Å². The van der Waals surface area contributed by atoms with Crippen molar-refractivity contribution in [1.82, 2.24) is 24.8 Å². The second kappa shape index (κ2) is 7.37. The number of nitrogens with one attached hydrogen (secondary N) is 1. The summed E-state index contributed by atoms with van der Waals surface area (Å²) in [6.45, 7) is 0.547. The van der Waals surface area contributed by atoms with E-state index in [1.807, 2.05) is 19.5 Å². The summed E-state index contributed by atoms with van der Waals surface area (Å²) in [5.74, 6) is 0.558. The Morgan fingerprint density at radius 2 is 2.25 bits per heavy atom. The van der Waals surface area contributed by atoms with Crippen LogP contribution < -0.4 is 5.32 Å². The van der Waals surface area contributed by atoms with Gasteiger partial charge in [0.15, 0.2) is 0 Å². The summed E-state index contributed by atoms with van der Waals surface area (Å²) in [6.07, 6.45) is 6.76. The molecule has 0 saturated heterocycles. The van der Waals surface area contributed by atoms with Crippen LogP contribution in [-0.4, -0.2) is 46.0 Å². The van der Waals surface area contributed by atoms with Crippen LogP contribution >= 0.6 is 11.3 Å². The van der Waals surface area contributed by atoms with Crippen molar-refractivity contribution in [3.63, 3.8) is 0 Å². The third-order valence-electron chi connectivity index (χ3n) is 3.78. The van der Waals surface area contributed by atoms with Crippen LogP contribution in [0.5, 0.6) is 0 Å². The number of thiophene rings is 1. The van der Waals surface area contributed by atoms with Gasteiger partial charge in [0.1, 0.15) is 12.1 Å². The topological polar surface area (TPSA) is 63.1 Å². The first-order valence-electron chi connectivity index (χ1n) is 7.56. The molecule has 0 aliphatic rings. The Hall–Kier alpha value is -2.51. The first kappa shape index (κ1) is 16.4. The van der Waals surface area contributed by atoms with E-state index in [-0.39, 0.29) is 11.9 Å². The molecule has 3 aromatic rings. The zero-order valence-electron chi connectivity index (χ0n) is 13.6. The van der Waals surface area contributed by atoms with E-state index in [1.54, 1.807) is 53.0 Å². The number of hydrogen-bond acceptors (Lipinski definition) is 5. The molecule has 3 rings (SSSR count). The van der Waals surface area contributed by atoms with Crippen molar-refractivity contribution < 1.29 is 4.79 Å². The second-order valence-corrected chi connectivity index (χ2v) is 6.40. The van der Waals surface area contributed by atoms with Crippen molar-refractivity contribution in [2.45, 2.75) is 6.04 Å². The van der Waals surface area contributed by atoms with E-state index in [1.165, 1.54) is 5.56 Å². The number of carbonyl (C=O) groups excluding carboxylic acids is 1. The Morgan fingerprint density at radius 3 is 2.92 bits per heavy atom. The highest BCUT2D eigenvalue weighted by Crippen LogP contribution is 2.20. The molecule has 0 saturated carbocycles. The molecular weight excluding hydrogens is 322 g/mol. The summed E-state index contributed by atoms with van der Waals surface area (Å²) < 4.78 is 1.77. The molecule has 0 bridgehead atoms. The predicted octanol–water partition coefficient (Wildman–Crippen LogP) is 2.36. The molecule has 3 aromatic heterocycles. The summed E-state index contributed by atoms with van der Waals surface area (Å²) in [6, 6.07) is 5.71. The van der Waals surface area contributed by atoms with E-state index < -0.39 is 0 Å². The lowest BCUT2D eigenvalue weighted by Gasteiger charge is -2.24. The minimum absolute atomic E-state index is 0.110. The number of nitrogens with zero attached hydrogens (tertiary/aromatic N) is 4. The van der Waals surface area contributed by atoms with Gasteiger partial charge in [-0.1, -0.05) is 0 Å². The highest BCUT2D eigenvalue weighted by Gasteiger charge is 2.16. The van der Waals surface area contributed by atoms with Gasteiger partial charge in [-0.15, -0.1) is 0 Å². The Balaban J connectivity index is 1.70. The van der Waals surface area contributed by atoms with Gasteiger partial charge in [0, 0.05) is 30.7 Å². The molecule has 1 atom stereocenters. The monoisotopic (exact) mass is 341 g/mol. The summed E-state index contributed by atoms with van der Waals surface area (Å²) >= 11 is 1.66. The Labute approximate surface area is 144 Å². The van der Waals surface area contributed by atoms with Crippen LogP contribution in [0.2, 0.25) is 0 Å². The molecule has 0 unspecified atom stereocenters. The molecule has 3 heterocycles. The normalized spacial score (nSPS) is 12.3. The fourth-order valence-electron chi connectivity index (χ4n) is 2.45. The number of rotatable bonds is 6. The lowest BCUT2D eigenvalue weighted by atomic mass is 10.1. The largest absolute Gasteiger partial charge is 0.350 e. The average Bonchev–Trinajstić information content (AvgIpc) is 3.28. The molecule has 1 amide bonds. The fourth-order valence-corrected chi connectivity index (χ4v) is 3.16. The van der Waals surface area contributed by atoms with Crippen molar-refractivity contribution in [1.29, 1.82) is 0 Å². The average molecular weight is 341 g/mol. The number of carbonyl (C=O) groups is 1. The highest BCUT2D eigenvalue weighted by molar-refractivity contribution is 7.07. The summed E-state index contributed by atoms with van der Waals surface area (Å²) in [4.78, 5) is 22.8. The van der Waals surface area contributed by atoms with Crippen LogP contribution in [0, 0.1) is 0 Å². The number of imidazole rings is 1. The van der Waals surface area contributed by atoms with Gasteiger partial charge in [0.25, 0.3) is 5.91 Å². The van der Waals surface area contributed by atoms with Crippen LogP contribution in [0.25, 0.3) is 5.82 Å². The number of aromatic nitrogens is 3. The molecule has 124 valence electrons. The van der Waals surface area contributed by atoms with E-state index in [2.05, 4.69) is 31.6 Å². The van der Waals surface area contributed by atoms with Gasteiger partial charge in [-0.05, 0) is 48.6 Å². The number of amides is 1. The SMILES string of the molecule is CN(C)[C@H](CNC(=O)c1ccnc(-n2ccnc2)c1)c1ccsc1. The maximum Gasteiger partial charge on any atom is 0.251 e. The fraction of sp³-hybridized carbons (Fsp3) is 0.235. The zero-order chi connectivity index (χ0) is 16.9. The van der Waals surface area contributed by atoms with Crippen LogP contribution in [0.15, 0.2) is 53.9 Å². The Bertz CT molecular complexity index is 783. The molecule has 0 fully saturated rings. The molecule has 0 aliphatic carbocycles. The second-order valence-electron chi connectivity index (χ2n) is 5.62. The van der Waals surface area contributed by atoms with Gasteiger partial charge in [0.05, 0.1) is 6.04 Å². The van der Waals surface area contributed by atoms with Crippen molar-refractivity contribution >= 4 is 17.2 Å². The number of pyridine rings is 1. The van der Waals surface area contributed by atoms with Crippen molar-refractivity contribution in [2.75, 3.05) is 20.6 Å². The first-order valence-corrected chi connectivity index (χ1v) is 8.50. The minimum Gasteiger partial charge on any atom is -0.350 e. The van der Waals surface area contributed by atoms with Gasteiger partial charge in [-0.3, -0.25) is 9.36 Å². The third-order valence-corrected chi connectivity index (χ3v) is 4.49. The molecule has 0 radical (unpaired) electrons. The lowest BCUT2D eigenvalue weighted by molar-refractivity contribution is 0.0942. The van der Waals surface area contributed by atoms with E-state index in [0.717, 1.165) is 0 Å². The summed E-state index contributed by atoms with van der Waals surface area (Å²) in [7, 11) is 4.02. The predicted molar refractivity (Wildman–Crippen MR) is 94.4 cm³/mol. The van der Waals surface area contributed by atoms with Crippen molar-refractivity contribution in [3.8, 4) is 5.82 Å². The van der Waals surface area contributed by atoms with E-state index in [9.17, 15) is 4.79 Å². The Kier molecular flexibility index (Phi) is 5.02. The van der Waals surface area contributed by atoms with E-state index in [0.29, 0.717) is 17.9 Å². The molecule has 6 nitrogen and oxygen atoms in total. The quantitative estimate of drug-likeness (QED) is 0.748. The van der Waals surface area contributed by atoms with Gasteiger partial charge in [-0.2, -0.15) is 11.3 Å². The summed E-state index contributed by atoms with van der Waals surface area (Å²) in [5, 5.41) is 7.17. The van der Waals surface area contributed by atoms with Crippen LogP contribution in [-0.2, 0) is 0 Å². The highest BCUT2D eigenvalue weighted by atomic mass is 32.1. The van der Waals surface area contributed by atoms with Gasteiger partial charge < -0.3 is 10.2 Å². The number of hydrogen-bond donors (Lipinski definition) is 1. The Morgan fingerprint density at radius 1 is 1.38 bits per heavy atom.